The van der Waals surface area contributed by atoms with E-state index >= 15 is 0 Å². The quantitative estimate of drug-likeness (QED) is 0.688. The third-order valence-corrected chi connectivity index (χ3v) is 2.50. The highest BCUT2D eigenvalue weighted by molar-refractivity contribution is 5.63. The minimum Gasteiger partial charge on any atom is -0.437 e. The van der Waals surface area contributed by atoms with Gasteiger partial charge in [0, 0.05) is 0 Å². The van der Waals surface area contributed by atoms with E-state index in [4.69, 9.17) is 0 Å². The van der Waals surface area contributed by atoms with Crippen molar-refractivity contribution >= 4 is 6.16 Å². The maximum Gasteiger partial charge on any atom is 0.513 e. The van der Waals surface area contributed by atoms with Gasteiger partial charge in [-0.1, -0.05) is 6.92 Å². The van der Waals surface area contributed by atoms with Crippen LogP contribution >= 0.6 is 0 Å². The lowest BCUT2D eigenvalue weighted by Crippen LogP contribution is -2.37. The zero-order valence-electron chi connectivity index (χ0n) is 10.8. The summed E-state index contributed by atoms with van der Waals surface area (Å²) >= 11 is 0. The number of halogens is 5. The van der Waals surface area contributed by atoms with Gasteiger partial charge in [-0.05, 0) is 18.1 Å². The molecule has 1 aromatic heterocycles. The smallest absolute Gasteiger partial charge is 0.437 e. The molecular weight excluding hydrogens is 305 g/mol. The first kappa shape index (κ1) is 16.9. The van der Waals surface area contributed by atoms with Crippen LogP contribution in [0.3, 0.4) is 0 Å². The predicted molar refractivity (Wildman–Crippen MR) is 59.4 cm³/mol. The zero-order chi connectivity index (χ0) is 16.4. The van der Waals surface area contributed by atoms with E-state index in [9.17, 15) is 31.5 Å². The van der Waals surface area contributed by atoms with Crippen molar-refractivity contribution in [2.75, 3.05) is 7.11 Å². The lowest BCUT2D eigenvalue weighted by molar-refractivity contribution is -0.291. The topological polar surface area (TPSA) is 68.4 Å². The fourth-order valence-corrected chi connectivity index (χ4v) is 1.46. The number of ether oxygens (including phenoxy) is 2. The van der Waals surface area contributed by atoms with E-state index in [-0.39, 0.29) is 6.42 Å². The van der Waals surface area contributed by atoms with Crippen LogP contribution < -0.4 is 10.3 Å². The second kappa shape index (κ2) is 5.70. The van der Waals surface area contributed by atoms with Gasteiger partial charge in [0.1, 0.15) is 5.69 Å². The van der Waals surface area contributed by atoms with E-state index in [1.165, 1.54) is 11.9 Å². The monoisotopic (exact) mass is 315 g/mol. The van der Waals surface area contributed by atoms with Crippen molar-refractivity contribution in [2.45, 2.75) is 25.4 Å². The van der Waals surface area contributed by atoms with Crippen molar-refractivity contribution in [1.29, 1.82) is 0 Å². The Kier molecular flexibility index (Phi) is 4.59. The minimum atomic E-state index is -5.87. The lowest BCUT2D eigenvalue weighted by Gasteiger charge is -2.22. The molecule has 0 unspecified atom stereocenters. The van der Waals surface area contributed by atoms with E-state index in [1.54, 1.807) is 0 Å². The van der Waals surface area contributed by atoms with Gasteiger partial charge in [0.05, 0.1) is 7.11 Å². The van der Waals surface area contributed by atoms with E-state index in [0.29, 0.717) is 6.07 Å². The van der Waals surface area contributed by atoms with Gasteiger partial charge < -0.3 is 14.5 Å². The third-order valence-electron chi connectivity index (χ3n) is 2.50. The first-order valence-electron chi connectivity index (χ1n) is 5.51. The van der Waals surface area contributed by atoms with Crippen LogP contribution in [0.4, 0.5) is 26.7 Å². The molecule has 0 bridgehead atoms. The molecule has 0 saturated carbocycles. The molecule has 1 heterocycles. The summed E-state index contributed by atoms with van der Waals surface area (Å²) in [6, 6.07) is 0.644. The molecule has 1 N–H and O–H groups in total. The molecule has 0 amide bonds. The molecule has 0 fully saturated rings. The molecule has 5 nitrogen and oxygen atoms in total. The van der Waals surface area contributed by atoms with E-state index in [1.807, 2.05) is 0 Å². The molecule has 0 atom stereocenters. The Morgan fingerprint density at radius 2 is 1.86 bits per heavy atom. The maximum atomic E-state index is 13.3. The number of hydrogen-bond acceptors (Lipinski definition) is 4. The average molecular weight is 315 g/mol. The summed E-state index contributed by atoms with van der Waals surface area (Å²) in [4.78, 5) is 23.7. The summed E-state index contributed by atoms with van der Waals surface area (Å²) in [6.07, 6.45) is -7.43. The van der Waals surface area contributed by atoms with Gasteiger partial charge in [0.15, 0.2) is 5.75 Å². The molecule has 21 heavy (non-hydrogen) atoms. The number of alkyl halides is 5. The summed E-state index contributed by atoms with van der Waals surface area (Å²) in [7, 11) is 0.934. The van der Waals surface area contributed by atoms with Crippen molar-refractivity contribution in [1.82, 2.24) is 4.98 Å². The first-order valence-corrected chi connectivity index (χ1v) is 5.51. The van der Waals surface area contributed by atoms with Crippen molar-refractivity contribution in [3.63, 3.8) is 0 Å². The zero-order valence-corrected chi connectivity index (χ0v) is 10.8. The summed E-state index contributed by atoms with van der Waals surface area (Å²) in [6.45, 7) is 1.30. The molecule has 0 saturated heterocycles. The Balaban J connectivity index is 3.41. The maximum absolute atomic E-state index is 13.3. The second-order valence-corrected chi connectivity index (χ2v) is 3.84. The normalized spacial score (nSPS) is 12.1. The molecular formula is C11H10F5NO4. The number of carbonyl (C=O) groups excluding carboxylic acids is 1. The summed E-state index contributed by atoms with van der Waals surface area (Å²) < 4.78 is 72.2. The number of aryl methyl sites for hydroxylation is 1. The van der Waals surface area contributed by atoms with Crippen molar-refractivity contribution in [3.8, 4) is 5.75 Å². The number of aromatic nitrogens is 1. The molecule has 10 heteroatoms. The fraction of sp³-hybridized carbons (Fsp3) is 0.455. The number of rotatable bonds is 3. The van der Waals surface area contributed by atoms with Crippen LogP contribution in [0.2, 0.25) is 0 Å². The van der Waals surface area contributed by atoms with Gasteiger partial charge in [0.25, 0.3) is 5.56 Å². The van der Waals surface area contributed by atoms with Gasteiger partial charge in [-0.25, -0.2) is 4.79 Å². The number of hydrogen-bond donors (Lipinski definition) is 1. The Morgan fingerprint density at radius 3 is 2.29 bits per heavy atom. The van der Waals surface area contributed by atoms with Crippen molar-refractivity contribution in [3.05, 3.63) is 27.7 Å². The average Bonchev–Trinajstić information content (AvgIpc) is 2.38. The number of methoxy groups -OCH3 is 1. The van der Waals surface area contributed by atoms with Crippen LogP contribution in [0.15, 0.2) is 10.9 Å². The molecule has 118 valence electrons. The highest BCUT2D eigenvalue weighted by Gasteiger charge is 2.60. The van der Waals surface area contributed by atoms with Crippen LogP contribution in [-0.2, 0) is 17.1 Å². The number of carbonyl (C=O) groups is 1. The molecule has 0 aliphatic heterocycles. The van der Waals surface area contributed by atoms with Crippen molar-refractivity contribution in [2.24, 2.45) is 0 Å². The molecule has 0 radical (unpaired) electrons. The Hall–Kier alpha value is -2.13. The van der Waals surface area contributed by atoms with E-state index < -0.39 is 40.8 Å². The summed E-state index contributed by atoms with van der Waals surface area (Å²) in [5.74, 6) is -5.97. The Bertz CT molecular complexity index is 593. The summed E-state index contributed by atoms with van der Waals surface area (Å²) in [5.41, 5.74) is -3.51. The van der Waals surface area contributed by atoms with Gasteiger partial charge in [-0.15, -0.1) is 0 Å². The van der Waals surface area contributed by atoms with E-state index in [0.717, 1.165) is 7.11 Å². The first-order chi connectivity index (χ1) is 9.54. The standard InChI is InChI=1S/C11H10F5NO4/c1-3-5-4-6(21-9(19)20-2)8(18)17-7(5)10(12,13)11(14,15)16/h4H,3H2,1-2H3,(H,17,18). The number of pyridine rings is 1. The summed E-state index contributed by atoms with van der Waals surface area (Å²) in [5, 5.41) is 0. The van der Waals surface area contributed by atoms with Crippen LogP contribution in [0, 0.1) is 0 Å². The molecule has 0 aromatic carbocycles. The molecule has 1 rings (SSSR count). The minimum absolute atomic E-state index is 0.255. The molecule has 1 aromatic rings. The molecule has 0 aliphatic rings. The van der Waals surface area contributed by atoms with Gasteiger partial charge in [-0.3, -0.25) is 4.79 Å². The van der Waals surface area contributed by atoms with Crippen LogP contribution in [-0.4, -0.2) is 24.4 Å². The number of nitrogens with one attached hydrogen (secondary N) is 1. The number of H-pyrrole nitrogens is 1. The van der Waals surface area contributed by atoms with Crippen molar-refractivity contribution < 1.29 is 36.2 Å². The lowest BCUT2D eigenvalue weighted by atomic mass is 10.1. The SMILES string of the molecule is CCc1cc(OC(=O)OC)c(=O)[nH]c1C(F)(F)C(F)(F)F. The Labute approximate surface area is 114 Å². The highest BCUT2D eigenvalue weighted by atomic mass is 19.4. The number of aromatic amines is 1. The molecule has 0 spiro atoms. The van der Waals surface area contributed by atoms with Crippen LogP contribution in [0.1, 0.15) is 18.2 Å². The van der Waals surface area contributed by atoms with Gasteiger partial charge in [0.2, 0.25) is 0 Å². The predicted octanol–water partition coefficient (Wildman–Crippen LogP) is 2.74. The third kappa shape index (κ3) is 3.31. The fourth-order valence-electron chi connectivity index (χ4n) is 1.46. The van der Waals surface area contributed by atoms with Gasteiger partial charge >= 0.3 is 18.3 Å². The highest BCUT2D eigenvalue weighted by Crippen LogP contribution is 2.44. The van der Waals surface area contributed by atoms with E-state index in [2.05, 4.69) is 9.47 Å². The van der Waals surface area contributed by atoms with Gasteiger partial charge in [-0.2, -0.15) is 22.0 Å². The largest absolute Gasteiger partial charge is 0.513 e. The van der Waals surface area contributed by atoms with Crippen LogP contribution in [0.5, 0.6) is 5.75 Å². The van der Waals surface area contributed by atoms with Crippen LogP contribution in [0.25, 0.3) is 0 Å². The Morgan fingerprint density at radius 1 is 1.29 bits per heavy atom. The second-order valence-electron chi connectivity index (χ2n) is 3.84. The molecule has 0 aliphatic carbocycles.